The summed E-state index contributed by atoms with van der Waals surface area (Å²) in [5.74, 6) is -0.871. The fraction of sp³-hybridized carbons (Fsp3) is 0.803. The molecular weight excluding hydrogens is 1010 g/mol. The third-order valence-electron chi connectivity index (χ3n) is 15.9. The average Bonchev–Trinajstić information content (AvgIpc) is 3.47. The van der Waals surface area contributed by atoms with Gasteiger partial charge in [0.15, 0.2) is 6.10 Å². The first-order valence-electron chi connectivity index (χ1n) is 35.9. The molecule has 1 atom stereocenters. The van der Waals surface area contributed by atoms with Crippen LogP contribution in [-0.2, 0) is 28.6 Å². The Bertz CT molecular complexity index is 1500. The van der Waals surface area contributed by atoms with Crippen LogP contribution in [-0.4, -0.2) is 37.2 Å². The minimum Gasteiger partial charge on any atom is -0.462 e. The zero-order chi connectivity index (χ0) is 59.2. The Hall–Kier alpha value is -3.15. The van der Waals surface area contributed by atoms with Crippen LogP contribution in [0.4, 0.5) is 0 Å². The fourth-order valence-electron chi connectivity index (χ4n) is 10.5. The first-order valence-corrected chi connectivity index (χ1v) is 35.9. The first-order chi connectivity index (χ1) is 40.5. The summed E-state index contributed by atoms with van der Waals surface area (Å²) in [4.78, 5) is 38.5. The van der Waals surface area contributed by atoms with Gasteiger partial charge in [0, 0.05) is 19.3 Å². The van der Waals surface area contributed by atoms with E-state index in [9.17, 15) is 14.4 Å². The Morgan fingerprint density at radius 1 is 0.244 bits per heavy atom. The molecule has 0 aliphatic rings. The number of unbranched alkanes of at least 4 members (excludes halogenated alkanes) is 43. The van der Waals surface area contributed by atoms with Crippen molar-refractivity contribution in [2.24, 2.45) is 0 Å². The van der Waals surface area contributed by atoms with E-state index >= 15 is 0 Å². The van der Waals surface area contributed by atoms with Crippen molar-refractivity contribution in [3.05, 3.63) is 72.9 Å². The summed E-state index contributed by atoms with van der Waals surface area (Å²) in [5.41, 5.74) is 0. The summed E-state index contributed by atoms with van der Waals surface area (Å²) in [5, 5.41) is 0. The van der Waals surface area contributed by atoms with Gasteiger partial charge in [-0.2, -0.15) is 0 Å². The molecule has 0 spiro atoms. The average molecular weight is 1150 g/mol. The lowest BCUT2D eigenvalue weighted by Crippen LogP contribution is -2.30. The summed E-state index contributed by atoms with van der Waals surface area (Å²) in [7, 11) is 0. The molecule has 0 fully saturated rings. The SMILES string of the molecule is CCCCCC/C=C\C/C=C\CCCCCCCCCC(=O)OCC(COC(=O)CCCCCCCCCCCC/C=C\C/C=C\C/C=C\CCCCCCC)OC(=O)CCCCCCCCCCC/C=C\CCCCCCCCCC. The monoisotopic (exact) mass is 1150 g/mol. The van der Waals surface area contributed by atoms with E-state index in [2.05, 4.69) is 93.7 Å². The van der Waals surface area contributed by atoms with E-state index in [1.807, 2.05) is 0 Å². The first kappa shape index (κ1) is 78.8. The number of esters is 3. The van der Waals surface area contributed by atoms with Crippen molar-refractivity contribution in [1.82, 2.24) is 0 Å². The summed E-state index contributed by atoms with van der Waals surface area (Å²) in [6.07, 6.45) is 92.0. The Balaban J connectivity index is 4.36. The lowest BCUT2D eigenvalue weighted by molar-refractivity contribution is -0.167. The Kier molecular flexibility index (Phi) is 67.6. The van der Waals surface area contributed by atoms with Gasteiger partial charge in [0.05, 0.1) is 0 Å². The van der Waals surface area contributed by atoms with E-state index in [4.69, 9.17) is 14.2 Å². The zero-order valence-electron chi connectivity index (χ0n) is 54.8. The van der Waals surface area contributed by atoms with Crippen molar-refractivity contribution < 1.29 is 28.6 Å². The third-order valence-corrected chi connectivity index (χ3v) is 15.9. The molecule has 0 rings (SSSR count). The van der Waals surface area contributed by atoms with E-state index in [-0.39, 0.29) is 31.1 Å². The summed E-state index contributed by atoms with van der Waals surface area (Å²) in [6, 6.07) is 0. The molecule has 6 nitrogen and oxygen atoms in total. The highest BCUT2D eigenvalue weighted by molar-refractivity contribution is 5.71. The molecule has 476 valence electrons. The van der Waals surface area contributed by atoms with Gasteiger partial charge in [0.2, 0.25) is 0 Å². The second-order valence-corrected chi connectivity index (χ2v) is 24.1. The topological polar surface area (TPSA) is 78.9 Å². The maximum atomic E-state index is 13.0. The zero-order valence-corrected chi connectivity index (χ0v) is 54.8. The summed E-state index contributed by atoms with van der Waals surface area (Å²) in [6.45, 7) is 6.66. The predicted octanol–water partition coefficient (Wildman–Crippen LogP) is 24.8. The van der Waals surface area contributed by atoms with Crippen molar-refractivity contribution in [3.63, 3.8) is 0 Å². The van der Waals surface area contributed by atoms with E-state index in [0.29, 0.717) is 19.3 Å². The van der Waals surface area contributed by atoms with Crippen LogP contribution >= 0.6 is 0 Å². The van der Waals surface area contributed by atoms with Gasteiger partial charge in [-0.25, -0.2) is 0 Å². The number of ether oxygens (including phenoxy) is 3. The number of hydrogen-bond donors (Lipinski definition) is 0. The van der Waals surface area contributed by atoms with Gasteiger partial charge in [-0.3, -0.25) is 14.4 Å². The van der Waals surface area contributed by atoms with Gasteiger partial charge < -0.3 is 14.2 Å². The van der Waals surface area contributed by atoms with Gasteiger partial charge in [-0.1, -0.05) is 312 Å². The van der Waals surface area contributed by atoms with Gasteiger partial charge in [-0.05, 0) is 116 Å². The minimum absolute atomic E-state index is 0.0788. The van der Waals surface area contributed by atoms with Crippen molar-refractivity contribution in [3.8, 4) is 0 Å². The molecule has 0 bridgehead atoms. The maximum Gasteiger partial charge on any atom is 0.306 e. The molecule has 0 heterocycles. The Morgan fingerprint density at radius 3 is 0.707 bits per heavy atom. The number of carbonyl (C=O) groups excluding carboxylic acids is 3. The maximum absolute atomic E-state index is 13.0. The fourth-order valence-corrected chi connectivity index (χ4v) is 10.5. The molecule has 0 aromatic heterocycles. The van der Waals surface area contributed by atoms with E-state index in [1.54, 1.807) is 0 Å². The highest BCUT2D eigenvalue weighted by Crippen LogP contribution is 2.17. The molecule has 0 N–H and O–H groups in total. The number of rotatable bonds is 66. The molecular formula is C76H136O6. The molecule has 0 aromatic rings. The van der Waals surface area contributed by atoms with Crippen LogP contribution in [0.25, 0.3) is 0 Å². The highest BCUT2D eigenvalue weighted by Gasteiger charge is 2.19. The predicted molar refractivity (Wildman–Crippen MR) is 358 cm³/mol. The molecule has 0 saturated carbocycles. The van der Waals surface area contributed by atoms with Crippen molar-refractivity contribution in [2.45, 2.75) is 380 Å². The van der Waals surface area contributed by atoms with E-state index < -0.39 is 6.10 Å². The van der Waals surface area contributed by atoms with Gasteiger partial charge >= 0.3 is 17.9 Å². The van der Waals surface area contributed by atoms with E-state index in [0.717, 1.165) is 83.5 Å². The lowest BCUT2D eigenvalue weighted by Gasteiger charge is -2.18. The second-order valence-electron chi connectivity index (χ2n) is 24.1. The van der Waals surface area contributed by atoms with Gasteiger partial charge in [-0.15, -0.1) is 0 Å². The lowest BCUT2D eigenvalue weighted by atomic mass is 10.0. The molecule has 0 radical (unpaired) electrons. The molecule has 1 unspecified atom stereocenters. The smallest absolute Gasteiger partial charge is 0.306 e. The summed E-state index contributed by atoms with van der Waals surface area (Å²) < 4.78 is 17.0. The molecule has 82 heavy (non-hydrogen) atoms. The Morgan fingerprint density at radius 2 is 0.439 bits per heavy atom. The molecule has 0 aliphatic heterocycles. The number of hydrogen-bond acceptors (Lipinski definition) is 6. The quantitative estimate of drug-likeness (QED) is 0.0261. The molecule has 0 aliphatic carbocycles. The molecule has 0 aromatic carbocycles. The number of allylic oxidation sites excluding steroid dienone is 12. The molecule has 6 heteroatoms. The van der Waals surface area contributed by atoms with Crippen LogP contribution in [0, 0.1) is 0 Å². The standard InChI is InChI=1S/C76H136O6/c1-4-7-10-13-16-19-22-25-28-31-34-36-37-38-39-41-42-45-48-51-54-57-60-63-66-69-75(78)81-72-73(71-80-74(77)68-65-62-59-56-53-50-47-44-33-30-27-24-21-18-15-12-9-6-3)82-76(79)70-67-64-61-58-55-52-49-46-43-40-35-32-29-26-23-20-17-14-11-8-5-2/h21-22,24-25,30-35,37-38,73H,4-20,23,26-29,36,39-72H2,1-3H3/b24-21-,25-22-,33-30-,34-31-,35-32-,38-37-. The Labute approximate surface area is 510 Å². The van der Waals surface area contributed by atoms with Crippen molar-refractivity contribution >= 4 is 17.9 Å². The van der Waals surface area contributed by atoms with Crippen LogP contribution in [0.1, 0.15) is 374 Å². The van der Waals surface area contributed by atoms with Crippen LogP contribution < -0.4 is 0 Å². The normalized spacial score (nSPS) is 12.5. The van der Waals surface area contributed by atoms with E-state index in [1.165, 1.54) is 250 Å². The number of carbonyl (C=O) groups is 3. The molecule has 0 saturated heterocycles. The minimum atomic E-state index is -0.784. The third kappa shape index (κ3) is 67.6. The van der Waals surface area contributed by atoms with Gasteiger partial charge in [0.25, 0.3) is 0 Å². The molecule has 0 amide bonds. The van der Waals surface area contributed by atoms with Crippen LogP contribution in [0.3, 0.4) is 0 Å². The van der Waals surface area contributed by atoms with Crippen LogP contribution in [0.2, 0.25) is 0 Å². The van der Waals surface area contributed by atoms with Crippen LogP contribution in [0.5, 0.6) is 0 Å². The van der Waals surface area contributed by atoms with Crippen molar-refractivity contribution in [1.29, 1.82) is 0 Å². The van der Waals surface area contributed by atoms with Crippen molar-refractivity contribution in [2.75, 3.05) is 13.2 Å². The van der Waals surface area contributed by atoms with Crippen LogP contribution in [0.15, 0.2) is 72.9 Å². The van der Waals surface area contributed by atoms with Gasteiger partial charge in [0.1, 0.15) is 13.2 Å². The largest absolute Gasteiger partial charge is 0.462 e. The highest BCUT2D eigenvalue weighted by atomic mass is 16.6. The summed E-state index contributed by atoms with van der Waals surface area (Å²) >= 11 is 0. The second kappa shape index (κ2) is 70.3.